The summed E-state index contributed by atoms with van der Waals surface area (Å²) in [6.07, 6.45) is 4.70. The minimum absolute atomic E-state index is 0.0182. The SMILES string of the molecule is CC(C)(C)S(=O)(=O)C[C@@H](Cc1ccccc1)C(=O)N[C@@H](CC(N)=O)C(=O)N[C@@H](CC1CCCCC1)[C@@H](O)[C@@H](O)C1CC1. The maximum atomic E-state index is 13.6. The highest BCUT2D eigenvalue weighted by Crippen LogP contribution is 2.36. The summed E-state index contributed by atoms with van der Waals surface area (Å²) in [6, 6.07) is 6.84. The number of primary amides is 1. The molecule has 42 heavy (non-hydrogen) atoms. The van der Waals surface area contributed by atoms with Gasteiger partial charge in [0.1, 0.15) is 12.1 Å². The van der Waals surface area contributed by atoms with Gasteiger partial charge in [-0.2, -0.15) is 0 Å². The summed E-state index contributed by atoms with van der Waals surface area (Å²) < 4.78 is 25.1. The number of carbonyl (C=O) groups excluding carboxylic acids is 3. The van der Waals surface area contributed by atoms with E-state index in [-0.39, 0.29) is 18.3 Å². The van der Waals surface area contributed by atoms with Gasteiger partial charge in [0.05, 0.1) is 35.0 Å². The second-order valence-corrected chi connectivity index (χ2v) is 16.0. The Hall–Kier alpha value is -2.50. The molecule has 6 N–H and O–H groups in total. The van der Waals surface area contributed by atoms with Crippen LogP contribution >= 0.6 is 0 Å². The minimum Gasteiger partial charge on any atom is -0.390 e. The lowest BCUT2D eigenvalue weighted by Gasteiger charge is -2.33. The molecule has 0 bridgehead atoms. The Morgan fingerprint density at radius 2 is 1.57 bits per heavy atom. The summed E-state index contributed by atoms with van der Waals surface area (Å²) in [5, 5.41) is 27.1. The number of hydrogen-bond donors (Lipinski definition) is 5. The molecule has 10 nitrogen and oxygen atoms in total. The summed E-state index contributed by atoms with van der Waals surface area (Å²) in [5.41, 5.74) is 6.20. The van der Waals surface area contributed by atoms with Crippen molar-refractivity contribution in [3.05, 3.63) is 35.9 Å². The minimum atomic E-state index is -3.71. The van der Waals surface area contributed by atoms with Gasteiger partial charge in [-0.15, -0.1) is 0 Å². The van der Waals surface area contributed by atoms with Gasteiger partial charge in [0.25, 0.3) is 0 Å². The molecule has 2 aliphatic carbocycles. The molecule has 2 saturated carbocycles. The van der Waals surface area contributed by atoms with E-state index in [0.717, 1.165) is 50.5 Å². The van der Waals surface area contributed by atoms with Crippen molar-refractivity contribution in [1.29, 1.82) is 0 Å². The maximum Gasteiger partial charge on any atom is 0.243 e. The molecule has 0 aromatic heterocycles. The van der Waals surface area contributed by atoms with E-state index in [2.05, 4.69) is 10.6 Å². The molecule has 1 aromatic rings. The van der Waals surface area contributed by atoms with Crippen molar-refractivity contribution in [2.24, 2.45) is 23.5 Å². The number of benzene rings is 1. The second kappa shape index (κ2) is 14.8. The molecule has 2 fully saturated rings. The molecule has 0 aliphatic heterocycles. The van der Waals surface area contributed by atoms with Gasteiger partial charge in [0.2, 0.25) is 17.7 Å². The van der Waals surface area contributed by atoms with E-state index in [0.29, 0.717) is 6.42 Å². The molecule has 0 spiro atoms. The van der Waals surface area contributed by atoms with Gasteiger partial charge in [-0.05, 0) is 63.9 Å². The summed E-state index contributed by atoms with van der Waals surface area (Å²) in [4.78, 5) is 39.1. The molecule has 236 valence electrons. The fourth-order valence-electron chi connectivity index (χ4n) is 5.64. The van der Waals surface area contributed by atoms with Crippen molar-refractivity contribution >= 4 is 27.6 Å². The highest BCUT2D eigenvalue weighted by atomic mass is 32.2. The second-order valence-electron chi connectivity index (χ2n) is 13.2. The normalized spacial score (nSPS) is 20.1. The monoisotopic (exact) mass is 607 g/mol. The number of aliphatic hydroxyl groups is 2. The Bertz CT molecular complexity index is 1160. The summed E-state index contributed by atoms with van der Waals surface area (Å²) in [5.74, 6) is -3.43. The number of rotatable bonds is 15. The number of hydrogen-bond acceptors (Lipinski definition) is 7. The van der Waals surface area contributed by atoms with Gasteiger partial charge in [0.15, 0.2) is 9.84 Å². The summed E-state index contributed by atoms with van der Waals surface area (Å²) in [6.45, 7) is 4.70. The smallest absolute Gasteiger partial charge is 0.243 e. The van der Waals surface area contributed by atoms with Gasteiger partial charge < -0.3 is 26.6 Å². The maximum absolute atomic E-state index is 13.6. The van der Waals surface area contributed by atoms with Crippen LogP contribution in [0.5, 0.6) is 0 Å². The zero-order valence-electron chi connectivity index (χ0n) is 25.1. The lowest BCUT2D eigenvalue weighted by molar-refractivity contribution is -0.134. The van der Waals surface area contributed by atoms with Crippen LogP contribution in [-0.4, -0.2) is 71.1 Å². The predicted octanol–water partition coefficient (Wildman–Crippen LogP) is 2.01. The first-order chi connectivity index (χ1) is 19.7. The highest BCUT2D eigenvalue weighted by Gasteiger charge is 2.41. The Balaban J connectivity index is 1.81. The van der Waals surface area contributed by atoms with E-state index in [1.54, 1.807) is 45.0 Å². The van der Waals surface area contributed by atoms with Crippen LogP contribution in [0.4, 0.5) is 0 Å². The molecular weight excluding hydrogens is 558 g/mol. The predicted molar refractivity (Wildman–Crippen MR) is 161 cm³/mol. The lowest BCUT2D eigenvalue weighted by atomic mass is 9.82. The first-order valence-electron chi connectivity index (χ1n) is 15.2. The third-order valence-electron chi connectivity index (χ3n) is 8.59. The zero-order valence-corrected chi connectivity index (χ0v) is 25.9. The van der Waals surface area contributed by atoms with Crippen molar-refractivity contribution in [1.82, 2.24) is 10.6 Å². The van der Waals surface area contributed by atoms with Crippen LogP contribution in [0, 0.1) is 17.8 Å². The topological polar surface area (TPSA) is 176 Å². The number of sulfone groups is 1. The van der Waals surface area contributed by atoms with Gasteiger partial charge in [-0.1, -0.05) is 62.4 Å². The average molecular weight is 608 g/mol. The Morgan fingerprint density at radius 3 is 2.12 bits per heavy atom. The third-order valence-corrected chi connectivity index (χ3v) is 11.3. The molecule has 3 rings (SSSR count). The lowest BCUT2D eigenvalue weighted by Crippen LogP contribution is -2.57. The van der Waals surface area contributed by atoms with Crippen LogP contribution in [0.1, 0.15) is 84.1 Å². The third kappa shape index (κ3) is 10.1. The van der Waals surface area contributed by atoms with Crippen LogP contribution in [0.3, 0.4) is 0 Å². The first kappa shape index (κ1) is 34.0. The highest BCUT2D eigenvalue weighted by molar-refractivity contribution is 7.92. The van der Waals surface area contributed by atoms with Crippen molar-refractivity contribution < 1.29 is 33.0 Å². The zero-order chi connectivity index (χ0) is 31.1. The number of aliphatic hydroxyl groups excluding tert-OH is 2. The van der Waals surface area contributed by atoms with Crippen LogP contribution < -0.4 is 16.4 Å². The molecule has 0 heterocycles. The fourth-order valence-corrected chi connectivity index (χ4v) is 6.94. The van der Waals surface area contributed by atoms with Crippen LogP contribution in [0.25, 0.3) is 0 Å². The number of amides is 3. The Kier molecular flexibility index (Phi) is 12.0. The molecule has 11 heteroatoms. The quantitative estimate of drug-likeness (QED) is 0.203. The summed E-state index contributed by atoms with van der Waals surface area (Å²) >= 11 is 0. The van der Waals surface area contributed by atoms with E-state index in [4.69, 9.17) is 5.73 Å². The number of carbonyl (C=O) groups is 3. The molecule has 1 aromatic carbocycles. The molecule has 0 unspecified atom stereocenters. The Morgan fingerprint density at radius 1 is 0.952 bits per heavy atom. The average Bonchev–Trinajstić information content (AvgIpc) is 3.77. The number of nitrogens with one attached hydrogen (secondary N) is 2. The van der Waals surface area contributed by atoms with Crippen LogP contribution in [0.2, 0.25) is 0 Å². The van der Waals surface area contributed by atoms with E-state index < -0.39 is 74.7 Å². The first-order valence-corrected chi connectivity index (χ1v) is 16.8. The molecule has 0 radical (unpaired) electrons. The molecule has 3 amide bonds. The Labute approximate surface area is 250 Å². The standard InChI is InChI=1S/C31H49N3O7S/c1-31(2,3)42(40,41)19-23(16-20-10-6-4-7-11-20)29(38)34-25(18-26(32)35)30(39)33-24(17-21-12-8-5-9-13-21)28(37)27(36)22-14-15-22/h4,6-7,10-11,21-25,27-28,36-37H,5,8-9,12-19H2,1-3H3,(H2,32,35)(H,33,39)(H,34,38)/t23-,24+,25+,27+,28-/m1/s1. The van der Waals surface area contributed by atoms with Gasteiger partial charge in [-0.25, -0.2) is 8.42 Å². The molecular formula is C31H49N3O7S. The van der Waals surface area contributed by atoms with E-state index >= 15 is 0 Å². The van der Waals surface area contributed by atoms with Gasteiger partial charge in [-0.3, -0.25) is 14.4 Å². The van der Waals surface area contributed by atoms with Crippen molar-refractivity contribution in [3.8, 4) is 0 Å². The van der Waals surface area contributed by atoms with Crippen molar-refractivity contribution in [2.45, 2.75) is 114 Å². The largest absolute Gasteiger partial charge is 0.390 e. The van der Waals surface area contributed by atoms with Gasteiger partial charge in [0, 0.05) is 0 Å². The van der Waals surface area contributed by atoms with Crippen LogP contribution in [0.15, 0.2) is 30.3 Å². The fraction of sp³-hybridized carbons (Fsp3) is 0.710. The van der Waals surface area contributed by atoms with Gasteiger partial charge >= 0.3 is 0 Å². The summed E-state index contributed by atoms with van der Waals surface area (Å²) in [7, 11) is -3.71. The molecule has 0 saturated heterocycles. The van der Waals surface area contributed by atoms with Crippen molar-refractivity contribution in [2.75, 3.05) is 5.75 Å². The molecule has 5 atom stereocenters. The van der Waals surface area contributed by atoms with E-state index in [9.17, 15) is 33.0 Å². The van der Waals surface area contributed by atoms with E-state index in [1.807, 2.05) is 6.07 Å². The van der Waals surface area contributed by atoms with Crippen molar-refractivity contribution in [3.63, 3.8) is 0 Å². The number of nitrogens with two attached hydrogens (primary N) is 1. The van der Waals surface area contributed by atoms with Crippen LogP contribution in [-0.2, 0) is 30.6 Å². The molecule has 2 aliphatic rings. The van der Waals surface area contributed by atoms with E-state index in [1.165, 1.54) is 0 Å².